The molecule has 0 bridgehead atoms. The van der Waals surface area contributed by atoms with Gasteiger partial charge in [0.25, 0.3) is 0 Å². The predicted molar refractivity (Wildman–Crippen MR) is 87.3 cm³/mol. The summed E-state index contributed by atoms with van der Waals surface area (Å²) < 4.78 is 5.25. The number of anilines is 1. The molecule has 1 unspecified atom stereocenters. The summed E-state index contributed by atoms with van der Waals surface area (Å²) in [7, 11) is 0. The van der Waals surface area contributed by atoms with E-state index in [1.165, 1.54) is 6.20 Å². The van der Waals surface area contributed by atoms with Gasteiger partial charge in [-0.3, -0.25) is 5.10 Å². The number of nitrogens with one attached hydrogen (secondary N) is 3. The lowest BCUT2D eigenvalue weighted by Crippen LogP contribution is -2.33. The van der Waals surface area contributed by atoms with E-state index in [-0.39, 0.29) is 6.03 Å². The van der Waals surface area contributed by atoms with Crippen molar-refractivity contribution in [2.45, 2.75) is 25.8 Å². The van der Waals surface area contributed by atoms with Crippen LogP contribution in [0.25, 0.3) is 0 Å². The summed E-state index contributed by atoms with van der Waals surface area (Å²) in [6.07, 6.45) is 4.72. The second-order valence-electron chi connectivity index (χ2n) is 5.23. The SMILES string of the molecule is CCCc1nc(C(NC(=O)Nc2cn[nH]c2)c2ccccc2)no1. The molecule has 0 aliphatic heterocycles. The van der Waals surface area contributed by atoms with Gasteiger partial charge in [-0.25, -0.2) is 4.79 Å². The first kappa shape index (κ1) is 15.7. The smallest absolute Gasteiger partial charge is 0.320 e. The zero-order chi connectivity index (χ0) is 16.8. The number of aromatic amines is 1. The van der Waals surface area contributed by atoms with Crippen molar-refractivity contribution < 1.29 is 9.32 Å². The highest BCUT2D eigenvalue weighted by atomic mass is 16.5. The third kappa shape index (κ3) is 3.78. The van der Waals surface area contributed by atoms with Gasteiger partial charge in [-0.1, -0.05) is 42.4 Å². The molecule has 0 saturated carbocycles. The van der Waals surface area contributed by atoms with Gasteiger partial charge in [0.1, 0.15) is 6.04 Å². The van der Waals surface area contributed by atoms with Gasteiger partial charge in [0, 0.05) is 12.6 Å². The van der Waals surface area contributed by atoms with Crippen LogP contribution in [0.2, 0.25) is 0 Å². The fourth-order valence-electron chi connectivity index (χ4n) is 2.26. The number of urea groups is 1. The maximum atomic E-state index is 12.2. The summed E-state index contributed by atoms with van der Waals surface area (Å²) in [5, 5.41) is 16.0. The Bertz CT molecular complexity index is 769. The molecule has 0 spiro atoms. The van der Waals surface area contributed by atoms with Crippen LogP contribution in [0, 0.1) is 0 Å². The van der Waals surface area contributed by atoms with Crippen LogP contribution in [0.4, 0.5) is 10.5 Å². The molecule has 2 aromatic heterocycles. The minimum atomic E-state index is -0.507. The Hall–Kier alpha value is -3.16. The Balaban J connectivity index is 1.80. The van der Waals surface area contributed by atoms with Crippen LogP contribution in [0.3, 0.4) is 0 Å². The van der Waals surface area contributed by atoms with Gasteiger partial charge < -0.3 is 15.2 Å². The highest BCUT2D eigenvalue weighted by molar-refractivity contribution is 5.89. The standard InChI is InChI=1S/C16H18N6O2/c1-2-6-13-20-15(22-24-13)14(11-7-4-3-5-8-11)21-16(23)19-12-9-17-18-10-12/h3-5,7-10,14H,2,6H2,1H3,(H,17,18)(H2,19,21,23). The van der Waals surface area contributed by atoms with Gasteiger partial charge in [0.05, 0.1) is 11.9 Å². The minimum absolute atomic E-state index is 0.382. The van der Waals surface area contributed by atoms with Crippen LogP contribution in [0.15, 0.2) is 47.2 Å². The summed E-state index contributed by atoms with van der Waals surface area (Å²) >= 11 is 0. The van der Waals surface area contributed by atoms with Crippen molar-refractivity contribution in [1.82, 2.24) is 25.7 Å². The fraction of sp³-hybridized carbons (Fsp3) is 0.250. The summed E-state index contributed by atoms with van der Waals surface area (Å²) in [5.74, 6) is 0.984. The molecule has 2 amide bonds. The molecule has 0 saturated heterocycles. The van der Waals surface area contributed by atoms with Crippen molar-refractivity contribution in [2.24, 2.45) is 0 Å². The largest absolute Gasteiger partial charge is 0.339 e. The average Bonchev–Trinajstić information content (AvgIpc) is 3.26. The van der Waals surface area contributed by atoms with Crippen molar-refractivity contribution in [2.75, 3.05) is 5.32 Å². The zero-order valence-corrected chi connectivity index (χ0v) is 13.2. The average molecular weight is 326 g/mol. The molecule has 8 heteroatoms. The topological polar surface area (TPSA) is 109 Å². The Morgan fingerprint density at radius 1 is 1.33 bits per heavy atom. The van der Waals surface area contributed by atoms with E-state index < -0.39 is 6.04 Å². The number of aromatic nitrogens is 4. The number of nitrogens with zero attached hydrogens (tertiary/aromatic N) is 3. The molecule has 124 valence electrons. The first-order valence-corrected chi connectivity index (χ1v) is 7.70. The molecule has 3 aromatic rings. The zero-order valence-electron chi connectivity index (χ0n) is 13.2. The predicted octanol–water partition coefficient (Wildman–Crippen LogP) is 2.66. The van der Waals surface area contributed by atoms with Gasteiger partial charge >= 0.3 is 6.03 Å². The first-order chi connectivity index (χ1) is 11.8. The van der Waals surface area contributed by atoms with Crippen LogP contribution >= 0.6 is 0 Å². The number of hydrogen-bond acceptors (Lipinski definition) is 5. The molecular weight excluding hydrogens is 308 g/mol. The first-order valence-electron chi connectivity index (χ1n) is 7.70. The molecule has 24 heavy (non-hydrogen) atoms. The van der Waals surface area contributed by atoms with E-state index in [1.54, 1.807) is 6.20 Å². The number of rotatable bonds is 6. The van der Waals surface area contributed by atoms with E-state index in [9.17, 15) is 4.79 Å². The molecule has 1 aromatic carbocycles. The van der Waals surface area contributed by atoms with Crippen LogP contribution in [0.5, 0.6) is 0 Å². The lowest BCUT2D eigenvalue weighted by atomic mass is 10.1. The third-order valence-corrected chi connectivity index (χ3v) is 3.37. The monoisotopic (exact) mass is 326 g/mol. The maximum absolute atomic E-state index is 12.2. The minimum Gasteiger partial charge on any atom is -0.339 e. The molecule has 0 fully saturated rings. The number of amides is 2. The second kappa shape index (κ2) is 7.40. The second-order valence-corrected chi connectivity index (χ2v) is 5.23. The Kier molecular flexibility index (Phi) is 4.85. The normalized spacial score (nSPS) is 11.9. The van der Waals surface area contributed by atoms with Crippen LogP contribution < -0.4 is 10.6 Å². The highest BCUT2D eigenvalue weighted by Crippen LogP contribution is 2.20. The highest BCUT2D eigenvalue weighted by Gasteiger charge is 2.22. The molecule has 3 rings (SSSR count). The van der Waals surface area contributed by atoms with E-state index in [0.717, 1.165) is 12.0 Å². The van der Waals surface area contributed by atoms with Gasteiger partial charge in [0.2, 0.25) is 5.89 Å². The van der Waals surface area contributed by atoms with Crippen molar-refractivity contribution in [1.29, 1.82) is 0 Å². The Morgan fingerprint density at radius 3 is 2.88 bits per heavy atom. The molecule has 2 heterocycles. The van der Waals surface area contributed by atoms with E-state index >= 15 is 0 Å². The summed E-state index contributed by atoms with van der Waals surface area (Å²) in [5.41, 5.74) is 1.43. The van der Waals surface area contributed by atoms with Crippen LogP contribution in [-0.2, 0) is 6.42 Å². The number of carbonyl (C=O) groups excluding carboxylic acids is 1. The number of H-pyrrole nitrogens is 1. The lowest BCUT2D eigenvalue weighted by Gasteiger charge is -2.16. The molecule has 0 radical (unpaired) electrons. The quantitative estimate of drug-likeness (QED) is 0.645. The van der Waals surface area contributed by atoms with Gasteiger partial charge in [-0.2, -0.15) is 10.1 Å². The number of benzene rings is 1. The van der Waals surface area contributed by atoms with Crippen LogP contribution in [0.1, 0.15) is 36.7 Å². The fourth-order valence-corrected chi connectivity index (χ4v) is 2.26. The van der Waals surface area contributed by atoms with E-state index in [0.29, 0.717) is 23.8 Å². The van der Waals surface area contributed by atoms with E-state index in [2.05, 4.69) is 31.0 Å². The number of hydrogen-bond donors (Lipinski definition) is 3. The van der Waals surface area contributed by atoms with Crippen molar-refractivity contribution in [3.8, 4) is 0 Å². The Morgan fingerprint density at radius 2 is 2.17 bits per heavy atom. The van der Waals surface area contributed by atoms with E-state index in [1.807, 2.05) is 37.3 Å². The number of aryl methyl sites for hydroxylation is 1. The maximum Gasteiger partial charge on any atom is 0.320 e. The summed E-state index contributed by atoms with van der Waals surface area (Å²) in [6.45, 7) is 2.04. The number of carbonyl (C=O) groups is 1. The third-order valence-electron chi connectivity index (χ3n) is 3.37. The summed E-state index contributed by atoms with van der Waals surface area (Å²) in [4.78, 5) is 16.6. The molecule has 0 aliphatic carbocycles. The molecular formula is C16H18N6O2. The molecule has 1 atom stereocenters. The van der Waals surface area contributed by atoms with Crippen molar-refractivity contribution in [3.05, 3.63) is 60.0 Å². The van der Waals surface area contributed by atoms with Crippen LogP contribution in [-0.4, -0.2) is 26.4 Å². The lowest BCUT2D eigenvalue weighted by molar-refractivity contribution is 0.249. The van der Waals surface area contributed by atoms with Crippen molar-refractivity contribution in [3.63, 3.8) is 0 Å². The van der Waals surface area contributed by atoms with Gasteiger partial charge in [0.15, 0.2) is 5.82 Å². The summed E-state index contributed by atoms with van der Waals surface area (Å²) in [6, 6.07) is 8.61. The Labute approximate surface area is 138 Å². The van der Waals surface area contributed by atoms with Gasteiger partial charge in [-0.05, 0) is 12.0 Å². The molecule has 0 aliphatic rings. The molecule has 8 nitrogen and oxygen atoms in total. The van der Waals surface area contributed by atoms with Gasteiger partial charge in [-0.15, -0.1) is 0 Å². The molecule has 3 N–H and O–H groups in total. The van der Waals surface area contributed by atoms with E-state index in [4.69, 9.17) is 4.52 Å². The van der Waals surface area contributed by atoms with Crippen molar-refractivity contribution >= 4 is 11.7 Å².